The summed E-state index contributed by atoms with van der Waals surface area (Å²) in [6, 6.07) is 23.9. The molecule has 4 rings (SSSR count). The van der Waals surface area contributed by atoms with Gasteiger partial charge in [-0.15, -0.1) is 0 Å². The summed E-state index contributed by atoms with van der Waals surface area (Å²) in [5, 5.41) is 2.84. The van der Waals surface area contributed by atoms with Crippen molar-refractivity contribution in [1.82, 2.24) is 5.32 Å². The SMILES string of the molecule is NCc1cccc(CNC(=O)OC2c3ccccc3-c3ccccc32)c1. The van der Waals surface area contributed by atoms with Crippen LogP contribution in [-0.4, -0.2) is 6.09 Å². The minimum Gasteiger partial charge on any atom is -0.436 e. The van der Waals surface area contributed by atoms with Crippen LogP contribution in [0.3, 0.4) is 0 Å². The minimum atomic E-state index is -0.431. The summed E-state index contributed by atoms with van der Waals surface area (Å²) >= 11 is 0. The van der Waals surface area contributed by atoms with Crippen molar-refractivity contribution in [2.75, 3.05) is 0 Å². The van der Waals surface area contributed by atoms with Gasteiger partial charge in [-0.25, -0.2) is 4.79 Å². The number of nitrogens with one attached hydrogen (secondary N) is 1. The number of ether oxygens (including phenoxy) is 1. The van der Waals surface area contributed by atoms with Gasteiger partial charge in [-0.2, -0.15) is 0 Å². The number of alkyl carbamates (subject to hydrolysis) is 1. The van der Waals surface area contributed by atoms with Crippen molar-refractivity contribution in [3.63, 3.8) is 0 Å². The van der Waals surface area contributed by atoms with Gasteiger partial charge in [0, 0.05) is 24.2 Å². The highest BCUT2D eigenvalue weighted by molar-refractivity contribution is 5.79. The summed E-state index contributed by atoms with van der Waals surface area (Å²) in [6.07, 6.45) is -0.808. The first kappa shape index (κ1) is 16.4. The fraction of sp³-hybridized carbons (Fsp3) is 0.136. The maximum absolute atomic E-state index is 12.4. The molecule has 0 radical (unpaired) electrons. The second kappa shape index (κ2) is 7.02. The van der Waals surface area contributed by atoms with Crippen LogP contribution in [0.5, 0.6) is 0 Å². The Hall–Kier alpha value is -3.11. The molecule has 0 spiro atoms. The lowest BCUT2D eigenvalue weighted by Crippen LogP contribution is -2.25. The van der Waals surface area contributed by atoms with E-state index in [4.69, 9.17) is 10.5 Å². The molecule has 1 aliphatic rings. The molecule has 0 aliphatic heterocycles. The van der Waals surface area contributed by atoms with Crippen LogP contribution in [0.15, 0.2) is 72.8 Å². The van der Waals surface area contributed by atoms with Crippen LogP contribution in [0.1, 0.15) is 28.4 Å². The molecule has 0 fully saturated rings. The summed E-state index contributed by atoms with van der Waals surface area (Å²) < 4.78 is 5.77. The van der Waals surface area contributed by atoms with Crippen molar-refractivity contribution in [3.8, 4) is 11.1 Å². The van der Waals surface area contributed by atoms with Crippen LogP contribution in [0.25, 0.3) is 11.1 Å². The molecule has 0 heterocycles. The molecule has 3 aromatic carbocycles. The second-order valence-electron chi connectivity index (χ2n) is 6.34. The summed E-state index contributed by atoms with van der Waals surface area (Å²) in [4.78, 5) is 12.4. The zero-order valence-corrected chi connectivity index (χ0v) is 14.3. The molecule has 4 nitrogen and oxygen atoms in total. The van der Waals surface area contributed by atoms with E-state index in [1.807, 2.05) is 60.7 Å². The average Bonchev–Trinajstić information content (AvgIpc) is 3.01. The highest BCUT2D eigenvalue weighted by Crippen LogP contribution is 2.44. The summed E-state index contributed by atoms with van der Waals surface area (Å²) in [6.45, 7) is 0.886. The molecular weight excluding hydrogens is 324 g/mol. The van der Waals surface area contributed by atoms with E-state index in [0.717, 1.165) is 33.4 Å². The molecule has 1 aliphatic carbocycles. The lowest BCUT2D eigenvalue weighted by Gasteiger charge is -2.16. The van der Waals surface area contributed by atoms with E-state index < -0.39 is 6.09 Å². The van der Waals surface area contributed by atoms with Crippen molar-refractivity contribution >= 4 is 6.09 Å². The Bertz CT molecular complexity index is 907. The molecule has 0 atom stereocenters. The zero-order chi connectivity index (χ0) is 17.9. The number of carbonyl (C=O) groups excluding carboxylic acids is 1. The number of hydrogen-bond donors (Lipinski definition) is 2. The largest absolute Gasteiger partial charge is 0.436 e. The predicted molar refractivity (Wildman–Crippen MR) is 101 cm³/mol. The Morgan fingerprint density at radius 1 is 0.885 bits per heavy atom. The fourth-order valence-corrected chi connectivity index (χ4v) is 3.43. The summed E-state index contributed by atoms with van der Waals surface area (Å²) in [7, 11) is 0. The van der Waals surface area contributed by atoms with E-state index in [0.29, 0.717) is 13.1 Å². The number of benzene rings is 3. The molecule has 0 saturated heterocycles. The van der Waals surface area contributed by atoms with E-state index in [-0.39, 0.29) is 6.10 Å². The third kappa shape index (κ3) is 3.07. The third-order valence-corrected chi connectivity index (χ3v) is 4.67. The maximum atomic E-state index is 12.4. The van der Waals surface area contributed by atoms with Crippen LogP contribution in [0.4, 0.5) is 4.79 Å². The lowest BCUT2D eigenvalue weighted by molar-refractivity contribution is 0.118. The van der Waals surface area contributed by atoms with Crippen LogP contribution < -0.4 is 11.1 Å². The van der Waals surface area contributed by atoms with E-state index in [2.05, 4.69) is 17.4 Å². The Kier molecular flexibility index (Phi) is 4.42. The number of amides is 1. The maximum Gasteiger partial charge on any atom is 0.408 e. The monoisotopic (exact) mass is 344 g/mol. The van der Waals surface area contributed by atoms with Crippen LogP contribution in [0.2, 0.25) is 0 Å². The van der Waals surface area contributed by atoms with E-state index in [1.165, 1.54) is 0 Å². The van der Waals surface area contributed by atoms with Gasteiger partial charge in [0.15, 0.2) is 6.10 Å². The van der Waals surface area contributed by atoms with E-state index in [9.17, 15) is 4.79 Å². The molecule has 1 amide bonds. The smallest absolute Gasteiger partial charge is 0.408 e. The van der Waals surface area contributed by atoms with Gasteiger partial charge in [0.2, 0.25) is 0 Å². The first-order valence-electron chi connectivity index (χ1n) is 8.67. The first-order valence-corrected chi connectivity index (χ1v) is 8.67. The number of hydrogen-bond acceptors (Lipinski definition) is 3. The molecule has 0 unspecified atom stereocenters. The van der Waals surface area contributed by atoms with Gasteiger partial charge in [0.05, 0.1) is 0 Å². The molecule has 130 valence electrons. The molecule has 0 aromatic heterocycles. The van der Waals surface area contributed by atoms with Crippen LogP contribution in [-0.2, 0) is 17.8 Å². The highest BCUT2D eigenvalue weighted by Gasteiger charge is 2.30. The predicted octanol–water partition coefficient (Wildman–Crippen LogP) is 4.14. The van der Waals surface area contributed by atoms with Gasteiger partial charge in [0.25, 0.3) is 0 Å². The van der Waals surface area contributed by atoms with Gasteiger partial charge >= 0.3 is 6.09 Å². The summed E-state index contributed by atoms with van der Waals surface area (Å²) in [5.41, 5.74) is 12.0. The van der Waals surface area contributed by atoms with Crippen LogP contribution in [0, 0.1) is 0 Å². The van der Waals surface area contributed by atoms with E-state index in [1.54, 1.807) is 0 Å². The first-order chi connectivity index (χ1) is 12.8. The minimum absolute atomic E-state index is 0.377. The van der Waals surface area contributed by atoms with Crippen molar-refractivity contribution in [1.29, 1.82) is 0 Å². The topological polar surface area (TPSA) is 64.3 Å². The quantitative estimate of drug-likeness (QED) is 0.747. The molecule has 0 bridgehead atoms. The lowest BCUT2D eigenvalue weighted by atomic mass is 10.1. The fourth-order valence-electron chi connectivity index (χ4n) is 3.43. The van der Waals surface area contributed by atoms with Gasteiger partial charge in [-0.1, -0.05) is 72.8 Å². The standard InChI is InChI=1S/C22H20N2O2/c23-13-15-6-5-7-16(12-15)14-24-22(25)26-21-19-10-3-1-8-17(19)18-9-2-4-11-20(18)21/h1-12,21H,13-14,23H2,(H,24,25). The Balaban J connectivity index is 1.49. The highest BCUT2D eigenvalue weighted by atomic mass is 16.6. The second-order valence-corrected chi connectivity index (χ2v) is 6.34. The molecule has 26 heavy (non-hydrogen) atoms. The molecular formula is C22H20N2O2. The number of fused-ring (bicyclic) bond motifs is 3. The Labute approximate surface area is 152 Å². The van der Waals surface area contributed by atoms with Crippen molar-refractivity contribution in [2.24, 2.45) is 5.73 Å². The van der Waals surface area contributed by atoms with Crippen molar-refractivity contribution in [3.05, 3.63) is 95.1 Å². The Morgan fingerprint density at radius 3 is 2.15 bits per heavy atom. The van der Waals surface area contributed by atoms with Crippen molar-refractivity contribution < 1.29 is 9.53 Å². The summed E-state index contributed by atoms with van der Waals surface area (Å²) in [5.74, 6) is 0. The van der Waals surface area contributed by atoms with Crippen LogP contribution >= 0.6 is 0 Å². The van der Waals surface area contributed by atoms with Gasteiger partial charge in [-0.3, -0.25) is 0 Å². The number of nitrogens with two attached hydrogens (primary N) is 1. The zero-order valence-electron chi connectivity index (χ0n) is 14.3. The normalized spacial score (nSPS) is 12.3. The molecule has 4 heteroatoms. The Morgan fingerprint density at radius 2 is 1.50 bits per heavy atom. The molecule has 0 saturated carbocycles. The molecule has 3 aromatic rings. The number of carbonyl (C=O) groups is 1. The van der Waals surface area contributed by atoms with Gasteiger partial charge in [0.1, 0.15) is 0 Å². The van der Waals surface area contributed by atoms with E-state index >= 15 is 0 Å². The third-order valence-electron chi connectivity index (χ3n) is 4.67. The number of rotatable bonds is 4. The molecule has 3 N–H and O–H groups in total. The average molecular weight is 344 g/mol. The van der Waals surface area contributed by atoms with Crippen molar-refractivity contribution in [2.45, 2.75) is 19.2 Å². The van der Waals surface area contributed by atoms with Gasteiger partial charge < -0.3 is 15.8 Å². The van der Waals surface area contributed by atoms with Gasteiger partial charge in [-0.05, 0) is 22.3 Å².